The van der Waals surface area contributed by atoms with Gasteiger partial charge in [-0.3, -0.25) is 9.59 Å². The van der Waals surface area contributed by atoms with Crippen LogP contribution in [0.25, 0.3) is 0 Å². The Morgan fingerprint density at radius 2 is 2.06 bits per heavy atom. The lowest BCUT2D eigenvalue weighted by molar-refractivity contribution is -0.123. The molecular formula is C11H10BrNO4. The van der Waals surface area contributed by atoms with Crippen LogP contribution >= 0.6 is 15.9 Å². The van der Waals surface area contributed by atoms with Crippen molar-refractivity contribution in [1.82, 2.24) is 0 Å². The molecule has 0 fully saturated rings. The molecule has 1 amide bonds. The minimum absolute atomic E-state index is 0.139. The Balaban J connectivity index is 1.99. The van der Waals surface area contributed by atoms with Gasteiger partial charge in [-0.05, 0) is 12.1 Å². The van der Waals surface area contributed by atoms with Crippen LogP contribution in [0.15, 0.2) is 18.2 Å². The Morgan fingerprint density at radius 1 is 1.29 bits per heavy atom. The van der Waals surface area contributed by atoms with Crippen molar-refractivity contribution in [2.45, 2.75) is 6.42 Å². The maximum atomic E-state index is 11.5. The zero-order chi connectivity index (χ0) is 12.3. The number of halogens is 1. The average molecular weight is 300 g/mol. The van der Waals surface area contributed by atoms with Gasteiger partial charge >= 0.3 is 0 Å². The molecular weight excluding hydrogens is 290 g/mol. The van der Waals surface area contributed by atoms with E-state index >= 15 is 0 Å². The third-order valence-electron chi connectivity index (χ3n) is 2.16. The highest BCUT2D eigenvalue weighted by Gasteiger charge is 2.14. The number of rotatable bonds is 4. The Bertz CT molecular complexity index is 461. The number of hydrogen-bond acceptors (Lipinski definition) is 4. The van der Waals surface area contributed by atoms with Gasteiger partial charge in [-0.15, -0.1) is 0 Å². The van der Waals surface area contributed by atoms with Gasteiger partial charge in [0.2, 0.25) is 12.7 Å². The van der Waals surface area contributed by atoms with Crippen molar-refractivity contribution in [2.24, 2.45) is 0 Å². The lowest BCUT2D eigenvalue weighted by Crippen LogP contribution is -2.16. The zero-order valence-corrected chi connectivity index (χ0v) is 10.5. The molecule has 1 aromatic carbocycles. The second kappa shape index (κ2) is 5.18. The van der Waals surface area contributed by atoms with Crippen LogP contribution in [-0.4, -0.2) is 23.8 Å². The molecule has 5 nitrogen and oxygen atoms in total. The average Bonchev–Trinajstić information content (AvgIpc) is 2.75. The van der Waals surface area contributed by atoms with Crippen molar-refractivity contribution in [3.8, 4) is 11.5 Å². The lowest BCUT2D eigenvalue weighted by Gasteiger charge is -2.05. The summed E-state index contributed by atoms with van der Waals surface area (Å²) in [5.41, 5.74) is 0.585. The first-order valence-corrected chi connectivity index (χ1v) is 6.08. The van der Waals surface area contributed by atoms with Gasteiger partial charge in [0.05, 0.1) is 11.8 Å². The summed E-state index contributed by atoms with van der Waals surface area (Å²) in [5, 5.41) is 2.80. The first-order valence-electron chi connectivity index (χ1n) is 4.96. The van der Waals surface area contributed by atoms with Gasteiger partial charge in [0.1, 0.15) is 0 Å². The monoisotopic (exact) mass is 299 g/mol. The largest absolute Gasteiger partial charge is 0.454 e. The predicted molar refractivity (Wildman–Crippen MR) is 64.6 cm³/mol. The van der Waals surface area contributed by atoms with E-state index in [9.17, 15) is 9.59 Å². The number of ketones is 1. The number of fused-ring (bicyclic) bond motifs is 1. The number of Topliss-reactive ketones (excluding diaryl/α,β-unsaturated/α-hetero) is 1. The minimum Gasteiger partial charge on any atom is -0.454 e. The molecule has 0 spiro atoms. The van der Waals surface area contributed by atoms with Crippen LogP contribution in [0.2, 0.25) is 0 Å². The fraction of sp³-hybridized carbons (Fsp3) is 0.273. The molecule has 1 aliphatic rings. The van der Waals surface area contributed by atoms with Gasteiger partial charge in [0.15, 0.2) is 17.3 Å². The number of hydrogen-bond donors (Lipinski definition) is 1. The highest BCUT2D eigenvalue weighted by Crippen LogP contribution is 2.34. The third-order valence-corrected chi connectivity index (χ3v) is 2.79. The number of ether oxygens (including phenoxy) is 2. The van der Waals surface area contributed by atoms with E-state index in [0.717, 1.165) is 0 Å². The molecule has 0 bridgehead atoms. The van der Waals surface area contributed by atoms with Crippen LogP contribution in [0.5, 0.6) is 11.5 Å². The molecule has 1 N–H and O–H groups in total. The smallest absolute Gasteiger partial charge is 0.231 e. The van der Waals surface area contributed by atoms with E-state index in [1.165, 1.54) is 0 Å². The Hall–Kier alpha value is -1.56. The summed E-state index contributed by atoms with van der Waals surface area (Å²) in [5.74, 6) is 0.741. The standard InChI is InChI=1S/C11H10BrNO4/c12-5-8(14)4-11(15)13-7-1-2-9-10(3-7)17-6-16-9/h1-3H,4-6H2,(H,13,15). The fourth-order valence-corrected chi connectivity index (χ4v) is 1.60. The van der Waals surface area contributed by atoms with Gasteiger partial charge in [0.25, 0.3) is 0 Å². The molecule has 0 aromatic heterocycles. The van der Waals surface area contributed by atoms with Crippen LogP contribution in [0.3, 0.4) is 0 Å². The van der Waals surface area contributed by atoms with Crippen molar-refractivity contribution in [2.75, 3.05) is 17.4 Å². The molecule has 0 saturated carbocycles. The fourth-order valence-electron chi connectivity index (χ4n) is 1.41. The number of nitrogens with one attached hydrogen (secondary N) is 1. The summed E-state index contributed by atoms with van der Waals surface area (Å²) in [4.78, 5) is 22.5. The van der Waals surface area contributed by atoms with Gasteiger partial charge in [-0.25, -0.2) is 0 Å². The summed E-state index contributed by atoms with van der Waals surface area (Å²) in [6.45, 7) is 0.189. The number of amides is 1. The van der Waals surface area contributed by atoms with E-state index < -0.39 is 0 Å². The number of anilines is 1. The maximum absolute atomic E-state index is 11.5. The highest BCUT2D eigenvalue weighted by molar-refractivity contribution is 9.09. The number of alkyl halides is 1. The van der Waals surface area contributed by atoms with Crippen LogP contribution in [0, 0.1) is 0 Å². The second-order valence-electron chi connectivity index (χ2n) is 3.47. The van der Waals surface area contributed by atoms with Gasteiger partial charge in [-0.1, -0.05) is 15.9 Å². The Labute approximate surface area is 106 Å². The van der Waals surface area contributed by atoms with Crippen molar-refractivity contribution in [3.05, 3.63) is 18.2 Å². The third kappa shape index (κ3) is 2.97. The molecule has 2 rings (SSSR count). The normalized spacial score (nSPS) is 12.3. The molecule has 0 atom stereocenters. The van der Waals surface area contributed by atoms with Crippen molar-refractivity contribution in [3.63, 3.8) is 0 Å². The summed E-state index contributed by atoms with van der Waals surface area (Å²) in [6.07, 6.45) is -0.139. The van der Waals surface area contributed by atoms with E-state index in [1.54, 1.807) is 18.2 Å². The van der Waals surface area contributed by atoms with Crippen molar-refractivity contribution in [1.29, 1.82) is 0 Å². The van der Waals surface area contributed by atoms with Crippen LogP contribution in [-0.2, 0) is 9.59 Å². The highest BCUT2D eigenvalue weighted by atomic mass is 79.9. The molecule has 0 radical (unpaired) electrons. The molecule has 17 heavy (non-hydrogen) atoms. The van der Waals surface area contributed by atoms with E-state index in [-0.39, 0.29) is 30.2 Å². The molecule has 1 heterocycles. The van der Waals surface area contributed by atoms with Gasteiger partial charge in [-0.2, -0.15) is 0 Å². The molecule has 0 aliphatic carbocycles. The zero-order valence-electron chi connectivity index (χ0n) is 8.86. The quantitative estimate of drug-likeness (QED) is 0.679. The van der Waals surface area contributed by atoms with Crippen LogP contribution in [0.4, 0.5) is 5.69 Å². The Kier molecular flexibility index (Phi) is 3.63. The van der Waals surface area contributed by atoms with Crippen molar-refractivity contribution >= 4 is 33.3 Å². The van der Waals surface area contributed by atoms with Crippen LogP contribution in [0.1, 0.15) is 6.42 Å². The van der Waals surface area contributed by atoms with E-state index in [2.05, 4.69) is 21.2 Å². The van der Waals surface area contributed by atoms with Gasteiger partial charge in [0, 0.05) is 11.8 Å². The second-order valence-corrected chi connectivity index (χ2v) is 4.03. The van der Waals surface area contributed by atoms with Crippen molar-refractivity contribution < 1.29 is 19.1 Å². The summed E-state index contributed by atoms with van der Waals surface area (Å²) in [7, 11) is 0. The number of benzene rings is 1. The predicted octanol–water partition coefficient (Wildman–Crippen LogP) is 1.71. The number of carbonyl (C=O) groups excluding carboxylic acids is 2. The first-order chi connectivity index (χ1) is 8.19. The first kappa shape index (κ1) is 11.9. The van der Waals surface area contributed by atoms with E-state index in [1.807, 2.05) is 0 Å². The minimum atomic E-state index is -0.340. The maximum Gasteiger partial charge on any atom is 0.231 e. The lowest BCUT2D eigenvalue weighted by atomic mass is 10.2. The topological polar surface area (TPSA) is 64.6 Å². The molecule has 0 unspecified atom stereocenters. The summed E-state index contributed by atoms with van der Waals surface area (Å²) < 4.78 is 10.3. The van der Waals surface area contributed by atoms with Gasteiger partial charge < -0.3 is 14.8 Å². The molecule has 1 aliphatic heterocycles. The Morgan fingerprint density at radius 3 is 2.82 bits per heavy atom. The molecule has 90 valence electrons. The SMILES string of the molecule is O=C(CBr)CC(=O)Nc1ccc2c(c1)OCO2. The van der Waals surface area contributed by atoms with E-state index in [4.69, 9.17) is 9.47 Å². The number of carbonyl (C=O) groups is 2. The summed E-state index contributed by atoms with van der Waals surface area (Å²) in [6, 6.07) is 5.08. The molecule has 6 heteroatoms. The van der Waals surface area contributed by atoms with E-state index in [0.29, 0.717) is 17.2 Å². The van der Waals surface area contributed by atoms with Crippen LogP contribution < -0.4 is 14.8 Å². The molecule has 0 saturated heterocycles. The molecule has 1 aromatic rings. The summed E-state index contributed by atoms with van der Waals surface area (Å²) >= 11 is 3.00.